The SMILES string of the molecule is CCN(CC)c1ccc(/C=C2\C(=O)N(c3ccc(C)c(C)c3)N=C2C)cc1. The first-order valence-electron chi connectivity index (χ1n) is 9.48. The molecular formula is C23H27N3O. The molecule has 1 heterocycles. The normalized spacial score (nSPS) is 15.4. The van der Waals surface area contributed by atoms with E-state index in [1.54, 1.807) is 0 Å². The van der Waals surface area contributed by atoms with Gasteiger partial charge in [-0.15, -0.1) is 0 Å². The van der Waals surface area contributed by atoms with Crippen LogP contribution in [0.3, 0.4) is 0 Å². The van der Waals surface area contributed by atoms with Gasteiger partial charge in [0, 0.05) is 18.8 Å². The van der Waals surface area contributed by atoms with E-state index in [9.17, 15) is 4.79 Å². The van der Waals surface area contributed by atoms with Crippen molar-refractivity contribution in [3.05, 3.63) is 64.7 Å². The Hall–Kier alpha value is -2.88. The van der Waals surface area contributed by atoms with Crippen LogP contribution in [0.25, 0.3) is 6.08 Å². The Balaban J connectivity index is 1.86. The van der Waals surface area contributed by atoms with Crippen molar-refractivity contribution in [1.82, 2.24) is 0 Å². The molecule has 0 atom stereocenters. The second-order valence-electron chi connectivity index (χ2n) is 6.89. The number of hydrogen-bond acceptors (Lipinski definition) is 3. The summed E-state index contributed by atoms with van der Waals surface area (Å²) in [6.07, 6.45) is 1.92. The molecule has 3 rings (SSSR count). The van der Waals surface area contributed by atoms with Crippen LogP contribution in [0, 0.1) is 13.8 Å². The van der Waals surface area contributed by atoms with Gasteiger partial charge in [-0.2, -0.15) is 10.1 Å². The van der Waals surface area contributed by atoms with E-state index >= 15 is 0 Å². The van der Waals surface area contributed by atoms with Gasteiger partial charge in [0.15, 0.2) is 0 Å². The number of hydrazone groups is 1. The summed E-state index contributed by atoms with van der Waals surface area (Å²) < 4.78 is 0. The van der Waals surface area contributed by atoms with Gasteiger partial charge in [-0.3, -0.25) is 4.79 Å². The quantitative estimate of drug-likeness (QED) is 0.706. The first-order chi connectivity index (χ1) is 12.9. The lowest BCUT2D eigenvalue weighted by atomic mass is 10.1. The van der Waals surface area contributed by atoms with Crippen LogP contribution >= 0.6 is 0 Å². The van der Waals surface area contributed by atoms with Gasteiger partial charge in [0.2, 0.25) is 0 Å². The Morgan fingerprint density at radius 2 is 1.63 bits per heavy atom. The molecule has 140 valence electrons. The number of amides is 1. The van der Waals surface area contributed by atoms with Crippen LogP contribution in [0.15, 0.2) is 53.1 Å². The molecule has 0 unspecified atom stereocenters. The van der Waals surface area contributed by atoms with Crippen LogP contribution in [0.4, 0.5) is 11.4 Å². The van der Waals surface area contributed by atoms with Gasteiger partial charge in [-0.05, 0) is 81.7 Å². The monoisotopic (exact) mass is 361 g/mol. The standard InChI is InChI=1S/C23H27N3O/c1-6-25(7-2)20-12-9-19(10-13-20)15-22-18(5)24-26(23(22)27)21-11-8-16(3)17(4)14-21/h8-15H,6-7H2,1-5H3/b22-15-. The van der Waals surface area contributed by atoms with Gasteiger partial charge in [-0.25, -0.2) is 0 Å². The van der Waals surface area contributed by atoms with E-state index in [2.05, 4.69) is 55.0 Å². The minimum Gasteiger partial charge on any atom is -0.372 e. The number of hydrogen-bond donors (Lipinski definition) is 0. The van der Waals surface area contributed by atoms with Crippen LogP contribution < -0.4 is 9.91 Å². The van der Waals surface area contributed by atoms with Crippen LogP contribution in [0.2, 0.25) is 0 Å². The van der Waals surface area contributed by atoms with Gasteiger partial charge in [0.05, 0.1) is 17.0 Å². The Bertz CT molecular complexity index is 906. The van der Waals surface area contributed by atoms with Gasteiger partial charge < -0.3 is 4.90 Å². The highest BCUT2D eigenvalue weighted by Gasteiger charge is 2.28. The van der Waals surface area contributed by atoms with E-state index in [4.69, 9.17) is 0 Å². The maximum absolute atomic E-state index is 12.9. The lowest BCUT2D eigenvalue weighted by Crippen LogP contribution is -2.21. The van der Waals surface area contributed by atoms with E-state index in [0.717, 1.165) is 35.6 Å². The largest absolute Gasteiger partial charge is 0.372 e. The topological polar surface area (TPSA) is 35.9 Å². The fourth-order valence-corrected chi connectivity index (χ4v) is 3.25. The highest BCUT2D eigenvalue weighted by Crippen LogP contribution is 2.27. The maximum Gasteiger partial charge on any atom is 0.280 e. The molecule has 27 heavy (non-hydrogen) atoms. The number of aryl methyl sites for hydroxylation is 2. The summed E-state index contributed by atoms with van der Waals surface area (Å²) in [7, 11) is 0. The minimum absolute atomic E-state index is 0.0800. The predicted molar refractivity (Wildman–Crippen MR) is 114 cm³/mol. The molecule has 2 aromatic carbocycles. The van der Waals surface area contributed by atoms with Crippen LogP contribution in [-0.2, 0) is 4.79 Å². The number of benzene rings is 2. The number of carbonyl (C=O) groups excluding carboxylic acids is 1. The highest BCUT2D eigenvalue weighted by molar-refractivity contribution is 6.32. The molecule has 0 saturated carbocycles. The third-order valence-corrected chi connectivity index (χ3v) is 5.13. The van der Waals surface area contributed by atoms with Crippen molar-refractivity contribution >= 4 is 29.1 Å². The molecule has 0 aromatic heterocycles. The third-order valence-electron chi connectivity index (χ3n) is 5.13. The molecule has 0 fully saturated rings. The van der Waals surface area contributed by atoms with Gasteiger partial charge >= 0.3 is 0 Å². The van der Waals surface area contributed by atoms with E-state index in [1.165, 1.54) is 16.3 Å². The molecule has 0 saturated heterocycles. The van der Waals surface area contributed by atoms with E-state index in [0.29, 0.717) is 5.57 Å². The summed E-state index contributed by atoms with van der Waals surface area (Å²) in [6, 6.07) is 14.3. The zero-order valence-electron chi connectivity index (χ0n) is 16.8. The molecule has 0 aliphatic carbocycles. The molecular weight excluding hydrogens is 334 g/mol. The summed E-state index contributed by atoms with van der Waals surface area (Å²) in [5.74, 6) is -0.0800. The van der Waals surface area contributed by atoms with E-state index in [-0.39, 0.29) is 5.91 Å². The van der Waals surface area contributed by atoms with Crippen molar-refractivity contribution in [1.29, 1.82) is 0 Å². The van der Waals surface area contributed by atoms with E-state index in [1.807, 2.05) is 38.1 Å². The van der Waals surface area contributed by atoms with Crippen molar-refractivity contribution < 1.29 is 4.79 Å². The Kier molecular flexibility index (Phi) is 5.45. The summed E-state index contributed by atoms with van der Waals surface area (Å²) >= 11 is 0. The molecule has 0 radical (unpaired) electrons. The van der Waals surface area contributed by atoms with Crippen molar-refractivity contribution in [2.45, 2.75) is 34.6 Å². The molecule has 4 heteroatoms. The average molecular weight is 361 g/mol. The fraction of sp³-hybridized carbons (Fsp3) is 0.304. The summed E-state index contributed by atoms with van der Waals surface area (Å²) in [4.78, 5) is 15.2. The molecule has 1 amide bonds. The van der Waals surface area contributed by atoms with Crippen molar-refractivity contribution in [3.63, 3.8) is 0 Å². The molecule has 0 spiro atoms. The van der Waals surface area contributed by atoms with Crippen molar-refractivity contribution in [3.8, 4) is 0 Å². The van der Waals surface area contributed by atoms with Crippen LogP contribution in [0.1, 0.15) is 37.5 Å². The third kappa shape index (κ3) is 3.80. The zero-order chi connectivity index (χ0) is 19.6. The smallest absolute Gasteiger partial charge is 0.280 e. The minimum atomic E-state index is -0.0800. The van der Waals surface area contributed by atoms with E-state index < -0.39 is 0 Å². The van der Waals surface area contributed by atoms with Gasteiger partial charge in [0.1, 0.15) is 0 Å². The second-order valence-corrected chi connectivity index (χ2v) is 6.89. The second kappa shape index (κ2) is 7.78. The summed E-state index contributed by atoms with van der Waals surface area (Å²) in [5.41, 5.74) is 6.75. The Morgan fingerprint density at radius 3 is 2.22 bits per heavy atom. The highest BCUT2D eigenvalue weighted by atomic mass is 16.2. The molecule has 0 bridgehead atoms. The number of rotatable bonds is 5. The average Bonchev–Trinajstić information content (AvgIpc) is 2.94. The van der Waals surface area contributed by atoms with Crippen LogP contribution in [-0.4, -0.2) is 24.7 Å². The number of anilines is 2. The molecule has 1 aliphatic heterocycles. The molecule has 1 aliphatic rings. The molecule has 2 aromatic rings. The van der Waals surface area contributed by atoms with Crippen LogP contribution in [0.5, 0.6) is 0 Å². The molecule has 0 N–H and O–H groups in total. The predicted octanol–water partition coefficient (Wildman–Crippen LogP) is 4.96. The fourth-order valence-electron chi connectivity index (χ4n) is 3.25. The van der Waals surface area contributed by atoms with Gasteiger partial charge in [-0.1, -0.05) is 18.2 Å². The zero-order valence-corrected chi connectivity index (χ0v) is 16.8. The van der Waals surface area contributed by atoms with Gasteiger partial charge in [0.25, 0.3) is 5.91 Å². The Morgan fingerprint density at radius 1 is 0.963 bits per heavy atom. The summed E-state index contributed by atoms with van der Waals surface area (Å²) in [6.45, 7) is 12.2. The summed E-state index contributed by atoms with van der Waals surface area (Å²) in [5, 5.41) is 5.98. The van der Waals surface area contributed by atoms with Crippen molar-refractivity contribution in [2.75, 3.05) is 23.0 Å². The lowest BCUT2D eigenvalue weighted by Gasteiger charge is -2.20. The number of carbonyl (C=O) groups is 1. The number of nitrogens with zero attached hydrogens (tertiary/aromatic N) is 3. The molecule has 4 nitrogen and oxygen atoms in total. The first kappa shape index (κ1) is 18.9. The first-order valence-corrected chi connectivity index (χ1v) is 9.48. The lowest BCUT2D eigenvalue weighted by molar-refractivity contribution is -0.114. The Labute approximate surface area is 161 Å². The maximum atomic E-state index is 12.9. The van der Waals surface area contributed by atoms with Crippen molar-refractivity contribution in [2.24, 2.45) is 5.10 Å².